The minimum Gasteiger partial charge on any atom is -0.437 e. The molecule has 0 aliphatic rings. The highest BCUT2D eigenvalue weighted by Crippen LogP contribution is 2.22. The van der Waals surface area contributed by atoms with E-state index in [-0.39, 0.29) is 0 Å². The molecule has 0 saturated heterocycles. The summed E-state index contributed by atoms with van der Waals surface area (Å²) in [7, 11) is 0. The van der Waals surface area contributed by atoms with Crippen LogP contribution in [0.4, 0.5) is 5.69 Å². The Balaban J connectivity index is 2.15. The van der Waals surface area contributed by atoms with Crippen molar-refractivity contribution in [3.05, 3.63) is 41.6 Å². The molecular weight excluding hydrogens is 242 g/mol. The number of nitrogens with zero attached hydrogens (tertiary/aromatic N) is 2. The summed E-state index contributed by atoms with van der Waals surface area (Å²) in [6, 6.07) is 10.1. The van der Waals surface area contributed by atoms with Crippen LogP contribution in [0.2, 0.25) is 5.15 Å². The van der Waals surface area contributed by atoms with Crippen molar-refractivity contribution in [1.82, 2.24) is 10.2 Å². The van der Waals surface area contributed by atoms with E-state index in [2.05, 4.69) is 15.5 Å². The lowest BCUT2D eigenvalue weighted by molar-refractivity contribution is -0.105. The lowest BCUT2D eigenvalue weighted by Crippen LogP contribution is -1.94. The van der Waals surface area contributed by atoms with Gasteiger partial charge in [-0.15, -0.1) is 10.2 Å². The molecule has 1 heterocycles. The minimum atomic E-state index is 0.300. The summed E-state index contributed by atoms with van der Waals surface area (Å²) in [5.41, 5.74) is 0.638. The summed E-state index contributed by atoms with van der Waals surface area (Å²) < 4.78 is 5.43. The maximum atomic E-state index is 10.3. The molecule has 1 aromatic carbocycles. The Hall–Kier alpha value is -2.14. The molecule has 86 valence electrons. The molecule has 1 amide bonds. The van der Waals surface area contributed by atoms with Gasteiger partial charge in [-0.3, -0.25) is 4.79 Å². The van der Waals surface area contributed by atoms with Crippen molar-refractivity contribution in [2.24, 2.45) is 0 Å². The quantitative estimate of drug-likeness (QED) is 0.846. The van der Waals surface area contributed by atoms with Crippen LogP contribution < -0.4 is 10.1 Å². The van der Waals surface area contributed by atoms with Gasteiger partial charge >= 0.3 is 0 Å². The topological polar surface area (TPSA) is 64.1 Å². The largest absolute Gasteiger partial charge is 0.437 e. The summed E-state index contributed by atoms with van der Waals surface area (Å²) in [6.45, 7) is 0. The van der Waals surface area contributed by atoms with E-state index < -0.39 is 0 Å². The van der Waals surface area contributed by atoms with E-state index in [1.54, 1.807) is 36.4 Å². The molecule has 0 unspecified atom stereocenters. The van der Waals surface area contributed by atoms with Gasteiger partial charge in [0.1, 0.15) is 5.75 Å². The second-order valence-corrected chi connectivity index (χ2v) is 3.47. The van der Waals surface area contributed by atoms with E-state index in [0.717, 1.165) is 0 Å². The highest BCUT2D eigenvalue weighted by Gasteiger charge is 2.00. The molecule has 2 rings (SSSR count). The second kappa shape index (κ2) is 5.27. The molecule has 0 spiro atoms. The van der Waals surface area contributed by atoms with Crippen molar-refractivity contribution in [3.8, 4) is 11.6 Å². The van der Waals surface area contributed by atoms with Crippen molar-refractivity contribution in [2.75, 3.05) is 5.32 Å². The normalized spacial score (nSPS) is 9.71. The lowest BCUT2D eigenvalue weighted by atomic mass is 10.3. The van der Waals surface area contributed by atoms with E-state index in [9.17, 15) is 4.79 Å². The Morgan fingerprint density at radius 2 is 2.12 bits per heavy atom. The predicted molar refractivity (Wildman–Crippen MR) is 63.2 cm³/mol. The number of hydrogen-bond donors (Lipinski definition) is 1. The molecule has 0 aliphatic heterocycles. The fourth-order valence-corrected chi connectivity index (χ4v) is 1.30. The average Bonchev–Trinajstić information content (AvgIpc) is 2.33. The number of anilines is 1. The third-order valence-corrected chi connectivity index (χ3v) is 2.09. The number of nitrogens with one attached hydrogen (secondary N) is 1. The van der Waals surface area contributed by atoms with Gasteiger partial charge < -0.3 is 10.1 Å². The molecule has 0 saturated carbocycles. The third kappa shape index (κ3) is 3.15. The summed E-state index contributed by atoms with van der Waals surface area (Å²) in [5.74, 6) is 0.881. The standard InChI is InChI=1S/C11H8ClN3O2/c12-10-4-5-11(15-14-10)17-9-3-1-2-8(6-9)13-7-16/h1-7H,(H,13,16). The molecule has 0 radical (unpaired) electrons. The Morgan fingerprint density at radius 1 is 1.24 bits per heavy atom. The molecule has 0 atom stereocenters. The number of hydrogen-bond acceptors (Lipinski definition) is 4. The molecule has 6 heteroatoms. The molecule has 1 N–H and O–H groups in total. The summed E-state index contributed by atoms with van der Waals surface area (Å²) in [4.78, 5) is 10.3. The van der Waals surface area contributed by atoms with Crippen molar-refractivity contribution >= 4 is 23.7 Å². The predicted octanol–water partition coefficient (Wildman–Crippen LogP) is 2.49. The number of amides is 1. The van der Waals surface area contributed by atoms with Gasteiger partial charge in [0.25, 0.3) is 0 Å². The Kier molecular flexibility index (Phi) is 3.52. The summed E-state index contributed by atoms with van der Waals surface area (Å²) in [5, 5.41) is 10.2. The van der Waals surface area contributed by atoms with Crippen LogP contribution in [0.3, 0.4) is 0 Å². The third-order valence-electron chi connectivity index (χ3n) is 1.89. The van der Waals surface area contributed by atoms with E-state index in [0.29, 0.717) is 28.9 Å². The monoisotopic (exact) mass is 249 g/mol. The van der Waals surface area contributed by atoms with Gasteiger partial charge in [-0.1, -0.05) is 17.7 Å². The van der Waals surface area contributed by atoms with E-state index in [1.807, 2.05) is 0 Å². The molecule has 0 aliphatic carbocycles. The number of aromatic nitrogens is 2. The Morgan fingerprint density at radius 3 is 2.82 bits per heavy atom. The highest BCUT2D eigenvalue weighted by molar-refractivity contribution is 6.29. The first kappa shape index (κ1) is 11.3. The first-order chi connectivity index (χ1) is 8.28. The van der Waals surface area contributed by atoms with Crippen LogP contribution in [0.1, 0.15) is 0 Å². The van der Waals surface area contributed by atoms with Crippen LogP contribution in [0.15, 0.2) is 36.4 Å². The Bertz CT molecular complexity index is 516. The van der Waals surface area contributed by atoms with Crippen molar-refractivity contribution < 1.29 is 9.53 Å². The van der Waals surface area contributed by atoms with Crippen LogP contribution in [0, 0.1) is 0 Å². The van der Waals surface area contributed by atoms with E-state index in [4.69, 9.17) is 16.3 Å². The molecule has 2 aromatic rings. The number of benzene rings is 1. The number of ether oxygens (including phenoxy) is 1. The number of carbonyl (C=O) groups is 1. The number of halogens is 1. The Labute approximate surface area is 102 Å². The first-order valence-electron chi connectivity index (χ1n) is 4.75. The summed E-state index contributed by atoms with van der Waals surface area (Å²) >= 11 is 5.60. The fraction of sp³-hybridized carbons (Fsp3) is 0. The smallest absolute Gasteiger partial charge is 0.238 e. The van der Waals surface area contributed by atoms with Crippen LogP contribution in [-0.4, -0.2) is 16.6 Å². The van der Waals surface area contributed by atoms with Crippen molar-refractivity contribution in [2.45, 2.75) is 0 Å². The van der Waals surface area contributed by atoms with Gasteiger partial charge in [-0.2, -0.15) is 0 Å². The molecule has 17 heavy (non-hydrogen) atoms. The highest BCUT2D eigenvalue weighted by atomic mass is 35.5. The summed E-state index contributed by atoms with van der Waals surface area (Å²) in [6.07, 6.45) is 0.598. The lowest BCUT2D eigenvalue weighted by Gasteiger charge is -2.05. The van der Waals surface area contributed by atoms with Crippen molar-refractivity contribution in [3.63, 3.8) is 0 Å². The van der Waals surface area contributed by atoms with Gasteiger partial charge in [0.05, 0.1) is 0 Å². The van der Waals surface area contributed by atoms with Gasteiger partial charge in [0.2, 0.25) is 12.3 Å². The number of rotatable bonds is 4. The van der Waals surface area contributed by atoms with E-state index >= 15 is 0 Å². The van der Waals surface area contributed by atoms with Crippen LogP contribution in [-0.2, 0) is 4.79 Å². The number of carbonyl (C=O) groups excluding carboxylic acids is 1. The SMILES string of the molecule is O=CNc1cccc(Oc2ccc(Cl)nn2)c1. The molecule has 0 bridgehead atoms. The molecule has 1 aromatic heterocycles. The maximum Gasteiger partial charge on any atom is 0.238 e. The average molecular weight is 250 g/mol. The fourth-order valence-electron chi connectivity index (χ4n) is 1.20. The zero-order valence-electron chi connectivity index (χ0n) is 8.63. The zero-order chi connectivity index (χ0) is 12.1. The van der Waals surface area contributed by atoms with Crippen LogP contribution in [0.5, 0.6) is 11.6 Å². The molecule has 5 nitrogen and oxygen atoms in total. The van der Waals surface area contributed by atoms with Gasteiger partial charge in [-0.05, 0) is 18.2 Å². The zero-order valence-corrected chi connectivity index (χ0v) is 9.39. The van der Waals surface area contributed by atoms with Gasteiger partial charge in [0, 0.05) is 17.8 Å². The molecule has 0 fully saturated rings. The molecular formula is C11H8ClN3O2. The maximum absolute atomic E-state index is 10.3. The second-order valence-electron chi connectivity index (χ2n) is 3.09. The first-order valence-corrected chi connectivity index (χ1v) is 5.13. The van der Waals surface area contributed by atoms with E-state index in [1.165, 1.54) is 0 Å². The van der Waals surface area contributed by atoms with Crippen LogP contribution in [0.25, 0.3) is 0 Å². The van der Waals surface area contributed by atoms with Gasteiger partial charge in [0.15, 0.2) is 5.15 Å². The minimum absolute atomic E-state index is 0.300. The van der Waals surface area contributed by atoms with Gasteiger partial charge in [-0.25, -0.2) is 0 Å². The van der Waals surface area contributed by atoms with Crippen LogP contribution >= 0.6 is 11.6 Å². The van der Waals surface area contributed by atoms with Crippen molar-refractivity contribution in [1.29, 1.82) is 0 Å².